The molecule has 170 valence electrons. The molecule has 14 heteroatoms. The van der Waals surface area contributed by atoms with E-state index >= 15 is 0 Å². The van der Waals surface area contributed by atoms with Crippen LogP contribution in [0.2, 0.25) is 15.1 Å². The Morgan fingerprint density at radius 2 is 1.72 bits per heavy atom. The predicted octanol–water partition coefficient (Wildman–Crippen LogP) is 4.98. The highest BCUT2D eigenvalue weighted by molar-refractivity contribution is 7.90. The molecule has 0 unspecified atom stereocenters. The van der Waals surface area contributed by atoms with Crippen LogP contribution in [-0.2, 0) is 16.2 Å². The molecular formula is C18H12Cl3F3N4O3S. The van der Waals surface area contributed by atoms with Crippen LogP contribution in [0.15, 0.2) is 35.2 Å². The average Bonchev–Trinajstić information content (AvgIpc) is 3.01. The molecular weight excluding hydrogens is 516 g/mol. The summed E-state index contributed by atoms with van der Waals surface area (Å²) in [5.41, 5.74) is -0.540. The average molecular weight is 528 g/mol. The zero-order chi connectivity index (χ0) is 24.0. The molecule has 0 radical (unpaired) electrons. The van der Waals surface area contributed by atoms with Crippen molar-refractivity contribution in [2.24, 2.45) is 0 Å². The quantitative estimate of drug-likeness (QED) is 0.516. The zero-order valence-electron chi connectivity index (χ0n) is 16.1. The van der Waals surface area contributed by atoms with Gasteiger partial charge in [0.1, 0.15) is 4.90 Å². The van der Waals surface area contributed by atoms with Gasteiger partial charge in [-0.15, -0.1) is 5.10 Å². The third-order valence-electron chi connectivity index (χ3n) is 4.32. The maximum atomic E-state index is 13.0. The van der Waals surface area contributed by atoms with Gasteiger partial charge in [0.15, 0.2) is 5.69 Å². The summed E-state index contributed by atoms with van der Waals surface area (Å²) in [6.45, 7) is 3.12. The number of aromatic nitrogens is 3. The molecule has 0 spiro atoms. The highest BCUT2D eigenvalue weighted by atomic mass is 35.5. The Morgan fingerprint density at radius 1 is 1.06 bits per heavy atom. The minimum atomic E-state index is -4.81. The van der Waals surface area contributed by atoms with Gasteiger partial charge >= 0.3 is 6.18 Å². The largest absolute Gasteiger partial charge is 0.416 e. The molecule has 0 aliphatic rings. The number of hydrogen-bond donors (Lipinski definition) is 1. The number of hydrogen-bond acceptors (Lipinski definition) is 5. The van der Waals surface area contributed by atoms with Gasteiger partial charge in [0, 0.05) is 5.02 Å². The molecule has 3 aromatic rings. The lowest BCUT2D eigenvalue weighted by Crippen LogP contribution is -2.31. The Bertz CT molecular complexity index is 1320. The van der Waals surface area contributed by atoms with E-state index in [-0.39, 0.29) is 16.4 Å². The van der Waals surface area contributed by atoms with Crippen molar-refractivity contribution in [2.75, 3.05) is 0 Å². The maximum absolute atomic E-state index is 13.0. The molecule has 0 bridgehead atoms. The van der Waals surface area contributed by atoms with E-state index in [0.29, 0.717) is 28.4 Å². The number of rotatable bonds is 4. The van der Waals surface area contributed by atoms with Crippen molar-refractivity contribution in [3.05, 3.63) is 67.9 Å². The highest BCUT2D eigenvalue weighted by Crippen LogP contribution is 2.33. The van der Waals surface area contributed by atoms with E-state index < -0.39 is 37.6 Å². The summed E-state index contributed by atoms with van der Waals surface area (Å²) in [7, 11) is -4.77. The predicted molar refractivity (Wildman–Crippen MR) is 112 cm³/mol. The highest BCUT2D eigenvalue weighted by Gasteiger charge is 2.33. The van der Waals surface area contributed by atoms with Crippen molar-refractivity contribution in [1.82, 2.24) is 19.7 Å². The van der Waals surface area contributed by atoms with Gasteiger partial charge in [-0.05, 0) is 49.7 Å². The van der Waals surface area contributed by atoms with Crippen LogP contribution in [0.5, 0.6) is 0 Å². The Labute approximate surface area is 195 Å². The van der Waals surface area contributed by atoms with Crippen LogP contribution in [-0.4, -0.2) is 29.3 Å². The molecule has 7 nitrogen and oxygen atoms in total. The number of amides is 1. The first-order chi connectivity index (χ1) is 14.7. The van der Waals surface area contributed by atoms with Crippen molar-refractivity contribution in [3.8, 4) is 5.69 Å². The van der Waals surface area contributed by atoms with Gasteiger partial charge in [0.25, 0.3) is 15.9 Å². The second-order valence-electron chi connectivity index (χ2n) is 6.57. The van der Waals surface area contributed by atoms with E-state index in [0.717, 1.165) is 6.07 Å². The smallest absolute Gasteiger partial charge is 0.266 e. The number of benzene rings is 2. The zero-order valence-corrected chi connectivity index (χ0v) is 19.2. The number of nitrogens with one attached hydrogen (secondary N) is 1. The fourth-order valence-electron chi connectivity index (χ4n) is 2.83. The number of halogens is 6. The van der Waals surface area contributed by atoms with Crippen LogP contribution < -0.4 is 4.72 Å². The van der Waals surface area contributed by atoms with Gasteiger partial charge in [-0.3, -0.25) is 4.79 Å². The first kappa shape index (κ1) is 24.3. The minimum absolute atomic E-state index is 0.125. The van der Waals surface area contributed by atoms with Crippen LogP contribution in [0.1, 0.15) is 27.3 Å². The van der Waals surface area contributed by atoms with E-state index in [9.17, 15) is 26.4 Å². The molecule has 0 fully saturated rings. The molecule has 2 aromatic carbocycles. The van der Waals surface area contributed by atoms with E-state index in [4.69, 9.17) is 34.8 Å². The Balaban J connectivity index is 1.97. The fraction of sp³-hybridized carbons (Fsp3) is 0.167. The second-order valence-corrected chi connectivity index (χ2v) is 9.47. The van der Waals surface area contributed by atoms with Crippen LogP contribution in [0.4, 0.5) is 13.2 Å². The van der Waals surface area contributed by atoms with Crippen molar-refractivity contribution in [2.45, 2.75) is 24.9 Å². The summed E-state index contributed by atoms with van der Waals surface area (Å²) in [4.78, 5) is 11.7. The minimum Gasteiger partial charge on any atom is -0.266 e. The van der Waals surface area contributed by atoms with Gasteiger partial charge in [0.05, 0.1) is 27.0 Å². The van der Waals surface area contributed by atoms with Gasteiger partial charge in [-0.25, -0.2) is 17.8 Å². The van der Waals surface area contributed by atoms with Gasteiger partial charge in [-0.1, -0.05) is 40.0 Å². The number of carbonyl (C=O) groups excluding carboxylic acids is 1. The van der Waals surface area contributed by atoms with Crippen LogP contribution in [0.3, 0.4) is 0 Å². The lowest BCUT2D eigenvalue weighted by atomic mass is 10.2. The molecule has 1 aromatic heterocycles. The van der Waals surface area contributed by atoms with E-state index in [1.165, 1.54) is 17.7 Å². The molecule has 1 amide bonds. The molecule has 0 aliphatic carbocycles. The molecule has 0 saturated heterocycles. The molecule has 1 heterocycles. The molecule has 0 atom stereocenters. The van der Waals surface area contributed by atoms with Crippen molar-refractivity contribution >= 4 is 50.7 Å². The SMILES string of the molecule is Cc1cc(Cl)cc(Cl)c1-n1nnc(C(=O)NS(=O)(=O)c2cc(C(F)(F)F)ccc2Cl)c1C. The maximum Gasteiger partial charge on any atom is 0.416 e. The normalized spacial score (nSPS) is 12.1. The van der Waals surface area contributed by atoms with Crippen LogP contribution in [0.25, 0.3) is 5.69 Å². The topological polar surface area (TPSA) is 93.9 Å². The third-order valence-corrected chi connectivity index (χ3v) is 6.63. The second kappa shape index (κ2) is 8.54. The lowest BCUT2D eigenvalue weighted by Gasteiger charge is -2.12. The summed E-state index contributed by atoms with van der Waals surface area (Å²) < 4.78 is 66.9. The first-order valence-electron chi connectivity index (χ1n) is 8.54. The Morgan fingerprint density at radius 3 is 2.31 bits per heavy atom. The number of sulfonamides is 1. The van der Waals surface area contributed by atoms with E-state index in [1.807, 2.05) is 0 Å². The summed E-state index contributed by atoms with van der Waals surface area (Å²) >= 11 is 17.9. The van der Waals surface area contributed by atoms with Crippen LogP contribution >= 0.6 is 34.8 Å². The van der Waals surface area contributed by atoms with Crippen LogP contribution in [0, 0.1) is 13.8 Å². The summed E-state index contributed by atoms with van der Waals surface area (Å²) in [6, 6.07) is 4.78. The van der Waals surface area contributed by atoms with Crippen molar-refractivity contribution in [1.29, 1.82) is 0 Å². The summed E-state index contributed by atoms with van der Waals surface area (Å²) in [5.74, 6) is -1.22. The van der Waals surface area contributed by atoms with Crippen molar-refractivity contribution < 1.29 is 26.4 Å². The molecule has 0 aliphatic heterocycles. The monoisotopic (exact) mass is 526 g/mol. The van der Waals surface area contributed by atoms with Gasteiger partial charge in [-0.2, -0.15) is 13.2 Å². The summed E-state index contributed by atoms with van der Waals surface area (Å²) in [6.07, 6.45) is -4.81. The molecule has 3 rings (SSSR count). The molecule has 0 saturated carbocycles. The van der Waals surface area contributed by atoms with E-state index in [1.54, 1.807) is 17.7 Å². The van der Waals surface area contributed by atoms with Crippen molar-refractivity contribution in [3.63, 3.8) is 0 Å². The standard InChI is InChI=1S/C18H12Cl3F3N4O3S/c1-8-5-11(19)7-13(21)16(8)28-9(2)15(25-27-28)17(29)26-32(30,31)14-6-10(18(22,23)24)3-4-12(14)20/h3-7H,1-2H3,(H,26,29). The molecule has 1 N–H and O–H groups in total. The lowest BCUT2D eigenvalue weighted by molar-refractivity contribution is -0.137. The fourth-order valence-corrected chi connectivity index (χ4v) is 4.98. The number of aryl methyl sites for hydroxylation is 1. The number of carbonyl (C=O) groups is 1. The first-order valence-corrected chi connectivity index (χ1v) is 11.2. The molecule has 32 heavy (non-hydrogen) atoms. The third kappa shape index (κ3) is 4.70. The number of nitrogens with zero attached hydrogens (tertiary/aromatic N) is 3. The van der Waals surface area contributed by atoms with Gasteiger partial charge in [0.2, 0.25) is 0 Å². The van der Waals surface area contributed by atoms with Gasteiger partial charge < -0.3 is 0 Å². The number of alkyl halides is 3. The van der Waals surface area contributed by atoms with E-state index in [2.05, 4.69) is 10.3 Å². The summed E-state index contributed by atoms with van der Waals surface area (Å²) in [5, 5.41) is 7.60. The Hall–Kier alpha value is -2.34. The Kier molecular flexibility index (Phi) is 6.49.